The first-order valence-corrected chi connectivity index (χ1v) is 17.4. The van der Waals surface area contributed by atoms with Crippen LogP contribution in [-0.4, -0.2) is 66.8 Å². The van der Waals surface area contributed by atoms with Crippen LogP contribution in [0.3, 0.4) is 0 Å². The van der Waals surface area contributed by atoms with Gasteiger partial charge in [0.1, 0.15) is 6.04 Å². The van der Waals surface area contributed by atoms with Gasteiger partial charge in [0.05, 0.1) is 28.1 Å². The van der Waals surface area contributed by atoms with Crippen LogP contribution in [-0.2, 0) is 25.8 Å². The molecule has 2 aliphatic rings. The number of sulfone groups is 1. The standard InChI is InChI=1S/C18H23N.C17H21N3O5S/c1-15(17-7-5-4-6-8-17)9-10-16-11-13-18(14-12-16)19(2)3;21-17(22)14(7-11-3-5-25-6-4-11)20-15-9-18-10-16(13(15)8-19-20)26(23,24)12-1-2-12/h4-8,11-15H,9-10H2,1-3H3;8-12,14H,1-7H2,(H,21,22)/t15-;14-/m00/s1. The van der Waals surface area contributed by atoms with Crippen molar-refractivity contribution in [2.75, 3.05) is 32.2 Å². The number of hydrogen-bond donors (Lipinski definition) is 1. The molecule has 4 aromatic rings. The number of rotatable bonds is 11. The van der Waals surface area contributed by atoms with Gasteiger partial charge in [0.25, 0.3) is 0 Å². The van der Waals surface area contributed by atoms with Crippen LogP contribution in [0.4, 0.5) is 5.69 Å². The number of aromatic nitrogens is 3. The number of aryl methyl sites for hydroxylation is 1. The van der Waals surface area contributed by atoms with E-state index in [1.807, 2.05) is 0 Å². The molecular weight excluding hydrogens is 588 g/mol. The molecule has 0 amide bonds. The summed E-state index contributed by atoms with van der Waals surface area (Å²) in [5.74, 6) is -0.109. The minimum atomic E-state index is -3.43. The summed E-state index contributed by atoms with van der Waals surface area (Å²) in [6.45, 7) is 3.59. The Balaban J connectivity index is 0.000000187. The molecule has 0 spiro atoms. The van der Waals surface area contributed by atoms with Crippen LogP contribution in [0.25, 0.3) is 10.9 Å². The van der Waals surface area contributed by atoms with Gasteiger partial charge in [-0.2, -0.15) is 5.10 Å². The Morgan fingerprint density at radius 3 is 2.31 bits per heavy atom. The van der Waals surface area contributed by atoms with Crippen LogP contribution in [0, 0.1) is 5.92 Å². The molecule has 6 rings (SSSR count). The van der Waals surface area contributed by atoms with E-state index in [2.05, 4.69) is 90.6 Å². The molecule has 0 unspecified atom stereocenters. The number of carboxylic acids is 1. The lowest BCUT2D eigenvalue weighted by Crippen LogP contribution is -2.26. The quantitative estimate of drug-likeness (QED) is 0.205. The lowest BCUT2D eigenvalue weighted by molar-refractivity contribution is -0.142. The normalized spacial score (nSPS) is 16.9. The average molecular weight is 633 g/mol. The summed E-state index contributed by atoms with van der Waals surface area (Å²) in [5.41, 5.74) is 4.58. The molecule has 45 heavy (non-hydrogen) atoms. The Bertz CT molecular complexity index is 1660. The molecule has 2 fully saturated rings. The third-order valence-corrected chi connectivity index (χ3v) is 11.2. The number of nitrogens with zero attached hydrogens (tertiary/aromatic N) is 4. The molecule has 2 atom stereocenters. The number of hydrogen-bond acceptors (Lipinski definition) is 7. The van der Waals surface area contributed by atoms with Crippen molar-refractivity contribution in [3.05, 3.63) is 84.3 Å². The van der Waals surface area contributed by atoms with E-state index in [0.29, 0.717) is 49.3 Å². The van der Waals surface area contributed by atoms with Crippen molar-refractivity contribution in [2.24, 2.45) is 5.92 Å². The monoisotopic (exact) mass is 632 g/mol. The summed E-state index contributed by atoms with van der Waals surface area (Å²) in [6, 6.07) is 18.8. The fourth-order valence-corrected chi connectivity index (χ4v) is 7.65. The maximum atomic E-state index is 12.6. The Morgan fingerprint density at radius 1 is 1.00 bits per heavy atom. The summed E-state index contributed by atoms with van der Waals surface area (Å²) < 4.78 is 32.0. The first-order chi connectivity index (χ1) is 21.6. The molecule has 2 aromatic carbocycles. The van der Waals surface area contributed by atoms with E-state index < -0.39 is 21.8 Å². The molecule has 1 aliphatic carbocycles. The van der Waals surface area contributed by atoms with Gasteiger partial charge in [-0.25, -0.2) is 17.9 Å². The number of carbonyl (C=O) groups is 1. The van der Waals surface area contributed by atoms with E-state index in [-0.39, 0.29) is 16.1 Å². The highest BCUT2D eigenvalue weighted by atomic mass is 32.2. The summed E-state index contributed by atoms with van der Waals surface area (Å²) in [6.07, 6.45) is 10.0. The highest BCUT2D eigenvalue weighted by Crippen LogP contribution is 2.37. The molecule has 9 nitrogen and oxygen atoms in total. The van der Waals surface area contributed by atoms with E-state index in [1.54, 1.807) is 0 Å². The maximum Gasteiger partial charge on any atom is 0.328 e. The summed E-state index contributed by atoms with van der Waals surface area (Å²) in [5, 5.41) is 14.1. The predicted molar refractivity (Wildman–Crippen MR) is 177 cm³/mol. The van der Waals surface area contributed by atoms with Gasteiger partial charge >= 0.3 is 5.97 Å². The SMILES string of the molecule is C[C@@H](CCc1ccc(N(C)C)cc1)c1ccccc1.O=C(O)[C@H](CC1CCOCC1)n1ncc2c(S(=O)(=O)C3CC3)cncc21. The van der Waals surface area contributed by atoms with Crippen LogP contribution < -0.4 is 4.90 Å². The maximum absolute atomic E-state index is 12.6. The molecule has 1 N–H and O–H groups in total. The van der Waals surface area contributed by atoms with Gasteiger partial charge in [-0.15, -0.1) is 0 Å². The Kier molecular flexibility index (Phi) is 10.6. The Hall–Kier alpha value is -3.76. The topological polar surface area (TPSA) is 115 Å². The fourth-order valence-electron chi connectivity index (χ4n) is 5.86. The second-order valence-electron chi connectivity index (χ2n) is 12.5. The molecule has 2 aromatic heterocycles. The molecule has 3 heterocycles. The zero-order valence-corrected chi connectivity index (χ0v) is 27.2. The number of anilines is 1. The first-order valence-electron chi connectivity index (χ1n) is 15.8. The van der Waals surface area contributed by atoms with Gasteiger partial charge in [0, 0.05) is 44.6 Å². The number of benzene rings is 2. The summed E-state index contributed by atoms with van der Waals surface area (Å²) in [7, 11) is 0.720. The summed E-state index contributed by atoms with van der Waals surface area (Å²) >= 11 is 0. The van der Waals surface area contributed by atoms with Gasteiger partial charge in [-0.3, -0.25) is 4.98 Å². The van der Waals surface area contributed by atoms with Crippen molar-refractivity contribution in [1.29, 1.82) is 0 Å². The van der Waals surface area contributed by atoms with Crippen molar-refractivity contribution in [3.8, 4) is 0 Å². The van der Waals surface area contributed by atoms with Crippen molar-refractivity contribution < 1.29 is 23.1 Å². The fraction of sp³-hybridized carbons (Fsp3) is 0.457. The van der Waals surface area contributed by atoms with Gasteiger partial charge in [-0.05, 0) is 80.0 Å². The number of aliphatic carboxylic acids is 1. The van der Waals surface area contributed by atoms with Crippen LogP contribution in [0.1, 0.15) is 68.5 Å². The molecule has 240 valence electrons. The van der Waals surface area contributed by atoms with E-state index in [4.69, 9.17) is 4.74 Å². The number of pyridine rings is 1. The highest BCUT2D eigenvalue weighted by Gasteiger charge is 2.38. The van der Waals surface area contributed by atoms with Crippen molar-refractivity contribution in [2.45, 2.75) is 74.0 Å². The van der Waals surface area contributed by atoms with E-state index in [9.17, 15) is 18.3 Å². The molecule has 10 heteroatoms. The van der Waals surface area contributed by atoms with Crippen molar-refractivity contribution >= 4 is 32.4 Å². The lowest BCUT2D eigenvalue weighted by Gasteiger charge is -2.25. The lowest BCUT2D eigenvalue weighted by atomic mass is 9.92. The number of ether oxygens (including phenoxy) is 1. The average Bonchev–Trinajstić information content (AvgIpc) is 3.84. The minimum absolute atomic E-state index is 0.152. The number of carboxylic acid groups (broad SMARTS) is 1. The van der Waals surface area contributed by atoms with Crippen LogP contribution >= 0.6 is 0 Å². The second-order valence-corrected chi connectivity index (χ2v) is 14.7. The van der Waals surface area contributed by atoms with Crippen LogP contribution in [0.15, 0.2) is 78.1 Å². The van der Waals surface area contributed by atoms with E-state index >= 15 is 0 Å². The molecule has 1 aliphatic heterocycles. The van der Waals surface area contributed by atoms with E-state index in [0.717, 1.165) is 19.3 Å². The highest BCUT2D eigenvalue weighted by molar-refractivity contribution is 7.92. The van der Waals surface area contributed by atoms with Crippen LogP contribution in [0.5, 0.6) is 0 Å². The van der Waals surface area contributed by atoms with Crippen LogP contribution in [0.2, 0.25) is 0 Å². The third kappa shape index (κ3) is 8.10. The molecule has 0 bridgehead atoms. The van der Waals surface area contributed by atoms with Gasteiger partial charge in [-0.1, -0.05) is 49.4 Å². The number of fused-ring (bicyclic) bond motifs is 1. The second kappa shape index (κ2) is 14.6. The zero-order chi connectivity index (χ0) is 32.0. The minimum Gasteiger partial charge on any atom is -0.480 e. The third-order valence-electron chi connectivity index (χ3n) is 8.92. The van der Waals surface area contributed by atoms with Gasteiger partial charge in [0.2, 0.25) is 0 Å². The summed E-state index contributed by atoms with van der Waals surface area (Å²) in [4.78, 5) is 18.2. The van der Waals surface area contributed by atoms with Crippen molar-refractivity contribution in [1.82, 2.24) is 14.8 Å². The largest absolute Gasteiger partial charge is 0.480 e. The molecule has 1 saturated heterocycles. The Labute approximate surface area is 266 Å². The Morgan fingerprint density at radius 2 is 1.69 bits per heavy atom. The molecule has 0 radical (unpaired) electrons. The van der Waals surface area contributed by atoms with Crippen molar-refractivity contribution in [3.63, 3.8) is 0 Å². The van der Waals surface area contributed by atoms with Gasteiger partial charge < -0.3 is 14.7 Å². The molecular formula is C35H44N4O5S. The molecule has 1 saturated carbocycles. The zero-order valence-electron chi connectivity index (χ0n) is 26.4. The van der Waals surface area contributed by atoms with E-state index in [1.165, 1.54) is 46.5 Å². The van der Waals surface area contributed by atoms with Gasteiger partial charge in [0.15, 0.2) is 9.84 Å². The predicted octanol–water partition coefficient (Wildman–Crippen LogP) is 6.30. The first kappa shape index (κ1) is 32.6. The smallest absolute Gasteiger partial charge is 0.328 e.